The number of ether oxygens (including phenoxy) is 1. The van der Waals surface area contributed by atoms with E-state index in [2.05, 4.69) is 10.2 Å². The Morgan fingerprint density at radius 2 is 1.63 bits per heavy atom. The molecule has 0 unspecified atom stereocenters. The van der Waals surface area contributed by atoms with Gasteiger partial charge < -0.3 is 19.5 Å². The molecule has 0 saturated carbocycles. The van der Waals surface area contributed by atoms with Crippen molar-refractivity contribution in [2.24, 2.45) is 0 Å². The van der Waals surface area contributed by atoms with Crippen LogP contribution in [-0.4, -0.2) is 19.7 Å². The summed E-state index contributed by atoms with van der Waals surface area (Å²) in [5.41, 5.74) is 9.54. The summed E-state index contributed by atoms with van der Waals surface area (Å²) in [5.74, 6) is 2.04. The molecule has 5 aromatic rings. The highest BCUT2D eigenvalue weighted by Crippen LogP contribution is 2.27. The first kappa shape index (κ1) is 17.9. The number of aromatic nitrogens is 4. The minimum absolute atomic E-state index is 0.0517. The largest absolute Gasteiger partial charge is 0.489 e. The lowest BCUT2D eigenvalue weighted by Crippen LogP contribution is -2.03. The highest BCUT2D eigenvalue weighted by atomic mass is 16.5. The molecule has 3 aromatic carbocycles. The number of nitrogen functional groups attached to an aromatic ring is 1. The maximum atomic E-state index is 5.90. The van der Waals surface area contributed by atoms with Gasteiger partial charge in [-0.2, -0.15) is 0 Å². The fourth-order valence-electron chi connectivity index (χ4n) is 3.36. The SMILES string of the molecule is Nc1nnc(Cn2c(-c3ccc(OCc4ccccc4)cc3)nc3ccccc32)o1. The average Bonchev–Trinajstić information content (AvgIpc) is 3.37. The van der Waals surface area contributed by atoms with Crippen molar-refractivity contribution in [3.05, 3.63) is 90.3 Å². The van der Waals surface area contributed by atoms with Crippen molar-refractivity contribution in [1.29, 1.82) is 0 Å². The number of hydrogen-bond donors (Lipinski definition) is 1. The molecule has 2 N–H and O–H groups in total. The van der Waals surface area contributed by atoms with Crippen molar-refractivity contribution in [3.8, 4) is 17.1 Å². The van der Waals surface area contributed by atoms with Crippen LogP contribution >= 0.6 is 0 Å². The molecule has 2 heterocycles. The highest BCUT2D eigenvalue weighted by Gasteiger charge is 2.15. The number of nitrogens with two attached hydrogens (primary N) is 1. The number of nitrogens with zero attached hydrogens (tertiary/aromatic N) is 4. The molecule has 0 fully saturated rings. The van der Waals surface area contributed by atoms with Gasteiger partial charge in [0.2, 0.25) is 5.89 Å². The Bertz CT molecular complexity index is 1280. The van der Waals surface area contributed by atoms with Gasteiger partial charge in [0.1, 0.15) is 24.7 Å². The topological polar surface area (TPSA) is 92.0 Å². The van der Waals surface area contributed by atoms with Crippen molar-refractivity contribution >= 4 is 17.0 Å². The Hall–Kier alpha value is -4.13. The van der Waals surface area contributed by atoms with Crippen LogP contribution in [0.15, 0.2) is 83.3 Å². The van der Waals surface area contributed by atoms with Gasteiger partial charge in [0.15, 0.2) is 0 Å². The first-order valence-corrected chi connectivity index (χ1v) is 9.56. The Morgan fingerprint density at radius 3 is 2.40 bits per heavy atom. The molecule has 0 bridgehead atoms. The normalized spacial score (nSPS) is 11.1. The smallest absolute Gasteiger partial charge is 0.312 e. The van der Waals surface area contributed by atoms with E-state index in [9.17, 15) is 0 Å². The minimum atomic E-state index is 0.0517. The van der Waals surface area contributed by atoms with Gasteiger partial charge in [0.05, 0.1) is 11.0 Å². The van der Waals surface area contributed by atoms with Gasteiger partial charge in [-0.25, -0.2) is 4.98 Å². The van der Waals surface area contributed by atoms with E-state index in [1.54, 1.807) is 0 Å². The third-order valence-electron chi connectivity index (χ3n) is 4.79. The van der Waals surface area contributed by atoms with E-state index >= 15 is 0 Å². The van der Waals surface area contributed by atoms with E-state index in [1.165, 1.54) is 0 Å². The molecule has 0 radical (unpaired) electrons. The maximum Gasteiger partial charge on any atom is 0.312 e. The second kappa shape index (κ2) is 7.71. The van der Waals surface area contributed by atoms with E-state index in [4.69, 9.17) is 19.9 Å². The van der Waals surface area contributed by atoms with Crippen LogP contribution < -0.4 is 10.5 Å². The number of rotatable bonds is 6. The second-order valence-electron chi connectivity index (χ2n) is 6.84. The monoisotopic (exact) mass is 397 g/mol. The van der Waals surface area contributed by atoms with Gasteiger partial charge in [-0.05, 0) is 42.0 Å². The van der Waals surface area contributed by atoms with Crippen LogP contribution in [0.1, 0.15) is 11.5 Å². The lowest BCUT2D eigenvalue weighted by atomic mass is 10.2. The van der Waals surface area contributed by atoms with E-state index < -0.39 is 0 Å². The van der Waals surface area contributed by atoms with Crippen LogP contribution in [-0.2, 0) is 13.2 Å². The van der Waals surface area contributed by atoms with E-state index in [0.29, 0.717) is 19.0 Å². The minimum Gasteiger partial charge on any atom is -0.489 e. The van der Waals surface area contributed by atoms with Crippen LogP contribution in [0.25, 0.3) is 22.4 Å². The first-order chi connectivity index (χ1) is 14.8. The lowest BCUT2D eigenvalue weighted by molar-refractivity contribution is 0.306. The molecule has 0 spiro atoms. The number of benzene rings is 3. The number of fused-ring (bicyclic) bond motifs is 1. The number of hydrogen-bond acceptors (Lipinski definition) is 6. The zero-order valence-electron chi connectivity index (χ0n) is 16.1. The zero-order chi connectivity index (χ0) is 20.3. The molecular weight excluding hydrogens is 378 g/mol. The molecule has 0 atom stereocenters. The number of anilines is 1. The molecule has 2 aromatic heterocycles. The third kappa shape index (κ3) is 3.60. The Labute approximate surface area is 172 Å². The summed E-state index contributed by atoms with van der Waals surface area (Å²) in [6.07, 6.45) is 0. The summed E-state index contributed by atoms with van der Waals surface area (Å²) < 4.78 is 13.3. The fraction of sp³-hybridized carbons (Fsp3) is 0.0870. The third-order valence-corrected chi connectivity index (χ3v) is 4.79. The van der Waals surface area contributed by atoms with Crippen LogP contribution in [0.3, 0.4) is 0 Å². The predicted octanol–water partition coefficient (Wildman–Crippen LogP) is 4.30. The quantitative estimate of drug-likeness (QED) is 0.459. The van der Waals surface area contributed by atoms with Gasteiger partial charge in [-0.1, -0.05) is 47.6 Å². The van der Waals surface area contributed by atoms with Crippen LogP contribution in [0, 0.1) is 0 Å². The Kier molecular flexibility index (Phi) is 4.61. The van der Waals surface area contributed by atoms with Crippen LogP contribution in [0.4, 0.5) is 6.01 Å². The summed E-state index contributed by atoms with van der Waals surface area (Å²) in [7, 11) is 0. The van der Waals surface area contributed by atoms with Crippen LogP contribution in [0.5, 0.6) is 5.75 Å². The van der Waals surface area contributed by atoms with Crippen molar-refractivity contribution in [1.82, 2.24) is 19.7 Å². The summed E-state index contributed by atoms with van der Waals surface area (Å²) in [5, 5.41) is 7.74. The molecule has 148 valence electrons. The fourth-order valence-corrected chi connectivity index (χ4v) is 3.36. The molecule has 30 heavy (non-hydrogen) atoms. The standard InChI is InChI=1S/C23H19N5O2/c24-23-27-26-21(30-23)14-28-20-9-5-4-8-19(20)25-22(28)17-10-12-18(13-11-17)29-15-16-6-2-1-3-7-16/h1-13H,14-15H2,(H2,24,27). The molecule has 5 rings (SSSR count). The average molecular weight is 397 g/mol. The van der Waals surface area contributed by atoms with Gasteiger partial charge in [0, 0.05) is 5.56 Å². The maximum absolute atomic E-state index is 5.90. The molecule has 0 aliphatic heterocycles. The van der Waals surface area contributed by atoms with Crippen molar-refractivity contribution in [3.63, 3.8) is 0 Å². The Morgan fingerprint density at radius 1 is 0.867 bits per heavy atom. The Balaban J connectivity index is 1.44. The van der Waals surface area contributed by atoms with Crippen molar-refractivity contribution in [2.75, 3.05) is 5.73 Å². The van der Waals surface area contributed by atoms with Gasteiger partial charge >= 0.3 is 6.01 Å². The van der Waals surface area contributed by atoms with Gasteiger partial charge in [-0.3, -0.25) is 0 Å². The molecule has 0 saturated heterocycles. The summed E-state index contributed by atoms with van der Waals surface area (Å²) in [6.45, 7) is 0.906. The predicted molar refractivity (Wildman–Crippen MR) is 114 cm³/mol. The molecular formula is C23H19N5O2. The van der Waals surface area contributed by atoms with Crippen molar-refractivity contribution < 1.29 is 9.15 Å². The number of para-hydroxylation sites is 2. The summed E-state index contributed by atoms with van der Waals surface area (Å²) in [4.78, 5) is 4.81. The first-order valence-electron chi connectivity index (χ1n) is 9.56. The van der Waals surface area contributed by atoms with E-state index in [-0.39, 0.29) is 6.01 Å². The number of imidazole rings is 1. The second-order valence-corrected chi connectivity index (χ2v) is 6.84. The lowest BCUT2D eigenvalue weighted by Gasteiger charge is -2.09. The molecule has 7 nitrogen and oxygen atoms in total. The molecule has 0 amide bonds. The van der Waals surface area contributed by atoms with E-state index in [1.807, 2.05) is 83.4 Å². The molecule has 0 aliphatic carbocycles. The molecule has 7 heteroatoms. The van der Waals surface area contributed by atoms with Gasteiger partial charge in [0.25, 0.3) is 0 Å². The van der Waals surface area contributed by atoms with E-state index in [0.717, 1.165) is 33.7 Å². The van der Waals surface area contributed by atoms with Crippen molar-refractivity contribution in [2.45, 2.75) is 13.2 Å². The highest BCUT2D eigenvalue weighted by molar-refractivity contribution is 5.80. The van der Waals surface area contributed by atoms with Gasteiger partial charge in [-0.15, -0.1) is 5.10 Å². The summed E-state index contributed by atoms with van der Waals surface area (Å²) in [6, 6.07) is 26.0. The zero-order valence-corrected chi connectivity index (χ0v) is 16.1. The summed E-state index contributed by atoms with van der Waals surface area (Å²) >= 11 is 0. The molecule has 0 aliphatic rings. The van der Waals surface area contributed by atoms with Crippen LogP contribution in [0.2, 0.25) is 0 Å².